The van der Waals surface area contributed by atoms with E-state index in [4.69, 9.17) is 4.74 Å². The minimum atomic E-state index is -0.282. The van der Waals surface area contributed by atoms with Gasteiger partial charge in [0.2, 0.25) is 0 Å². The van der Waals surface area contributed by atoms with E-state index in [2.05, 4.69) is 5.32 Å². The molecule has 3 rings (SSSR count). The molecule has 118 valence electrons. The molecule has 6 nitrogen and oxygen atoms in total. The first-order chi connectivity index (χ1) is 10.6. The van der Waals surface area contributed by atoms with Crippen LogP contribution in [0, 0.1) is 0 Å². The average Bonchev–Trinajstić information content (AvgIpc) is 2.81. The fourth-order valence-corrected chi connectivity index (χ4v) is 3.22. The number of fused-ring (bicyclic) bond motifs is 1. The van der Waals surface area contributed by atoms with Crippen LogP contribution in [0.3, 0.4) is 0 Å². The lowest BCUT2D eigenvalue weighted by atomic mass is 10.1. The Bertz CT molecular complexity index is 799. The number of hydrogen-bond donors (Lipinski definition) is 1. The van der Waals surface area contributed by atoms with E-state index in [9.17, 15) is 9.59 Å². The second-order valence-electron chi connectivity index (χ2n) is 5.73. The normalized spacial score (nSPS) is 19.1. The molecule has 1 N–H and O–H groups in total. The molecule has 0 spiro atoms. The molecule has 0 radical (unpaired) electrons. The van der Waals surface area contributed by atoms with Gasteiger partial charge in [0.25, 0.3) is 5.56 Å². The van der Waals surface area contributed by atoms with Crippen molar-refractivity contribution < 1.29 is 4.74 Å². The van der Waals surface area contributed by atoms with Gasteiger partial charge in [-0.2, -0.15) is 0 Å². The van der Waals surface area contributed by atoms with Crippen LogP contribution in [0.4, 0.5) is 0 Å². The lowest BCUT2D eigenvalue weighted by molar-refractivity contribution is 0.410. The lowest BCUT2D eigenvalue weighted by Crippen LogP contribution is -2.43. The van der Waals surface area contributed by atoms with E-state index in [0.29, 0.717) is 23.2 Å². The largest absolute Gasteiger partial charge is 0.495 e. The number of aryl methyl sites for hydroxylation is 1. The maximum atomic E-state index is 12.8. The van der Waals surface area contributed by atoms with Gasteiger partial charge in [0, 0.05) is 13.6 Å². The zero-order valence-electron chi connectivity index (χ0n) is 13.0. The summed E-state index contributed by atoms with van der Waals surface area (Å²) in [5.74, 6) is 0.542. The molecule has 2 aromatic rings. The number of ether oxygens (including phenoxy) is 1. The van der Waals surface area contributed by atoms with Gasteiger partial charge in [0.1, 0.15) is 11.3 Å². The van der Waals surface area contributed by atoms with Crippen LogP contribution >= 0.6 is 0 Å². The number of hydrogen-bond acceptors (Lipinski definition) is 4. The zero-order valence-corrected chi connectivity index (χ0v) is 13.0. The molecule has 1 aromatic heterocycles. The quantitative estimate of drug-likeness (QED) is 0.900. The number of rotatable bonds is 2. The molecule has 1 aliphatic heterocycles. The number of nitrogens with one attached hydrogen (secondary N) is 1. The summed E-state index contributed by atoms with van der Waals surface area (Å²) in [4.78, 5) is 25.6. The van der Waals surface area contributed by atoms with Crippen LogP contribution in [0.1, 0.15) is 25.3 Å². The fraction of sp³-hybridized carbons (Fsp3) is 0.500. The number of para-hydroxylation sites is 1. The van der Waals surface area contributed by atoms with Crippen molar-refractivity contribution in [3.05, 3.63) is 39.0 Å². The second-order valence-corrected chi connectivity index (χ2v) is 5.73. The molecule has 22 heavy (non-hydrogen) atoms. The van der Waals surface area contributed by atoms with Gasteiger partial charge < -0.3 is 10.1 Å². The van der Waals surface area contributed by atoms with Crippen molar-refractivity contribution in [1.82, 2.24) is 14.5 Å². The first-order valence-electron chi connectivity index (χ1n) is 7.64. The van der Waals surface area contributed by atoms with Gasteiger partial charge >= 0.3 is 5.69 Å². The highest BCUT2D eigenvalue weighted by Gasteiger charge is 2.21. The second kappa shape index (κ2) is 5.96. The maximum absolute atomic E-state index is 12.8. The predicted octanol–water partition coefficient (Wildman–Crippen LogP) is 1.02. The van der Waals surface area contributed by atoms with E-state index < -0.39 is 0 Å². The molecule has 0 amide bonds. The van der Waals surface area contributed by atoms with Crippen molar-refractivity contribution in [2.75, 3.05) is 20.2 Å². The molecule has 6 heteroatoms. The van der Waals surface area contributed by atoms with Gasteiger partial charge in [-0.05, 0) is 31.5 Å². The fourth-order valence-electron chi connectivity index (χ4n) is 3.22. The third-order valence-corrected chi connectivity index (χ3v) is 4.38. The van der Waals surface area contributed by atoms with Crippen LogP contribution in [0.2, 0.25) is 0 Å². The van der Waals surface area contributed by atoms with Gasteiger partial charge in [-0.25, -0.2) is 4.79 Å². The molecule has 0 aliphatic carbocycles. The highest BCUT2D eigenvalue weighted by atomic mass is 16.5. The van der Waals surface area contributed by atoms with Crippen molar-refractivity contribution in [3.8, 4) is 5.75 Å². The summed E-state index contributed by atoms with van der Waals surface area (Å²) in [7, 11) is 3.23. The Balaban J connectivity index is 2.28. The highest BCUT2D eigenvalue weighted by molar-refractivity contribution is 5.84. The Hall–Kier alpha value is -2.08. The topological polar surface area (TPSA) is 65.3 Å². The van der Waals surface area contributed by atoms with Gasteiger partial charge in [-0.3, -0.25) is 13.9 Å². The summed E-state index contributed by atoms with van der Waals surface area (Å²) in [5.41, 5.74) is 0.0410. The Labute approximate surface area is 128 Å². The van der Waals surface area contributed by atoms with Gasteiger partial charge in [0.15, 0.2) is 0 Å². The standard InChI is InChI=1S/C16H21N3O3/c1-18-14-12(7-5-8-13(14)22-2)15(20)19(16(18)21)11-6-3-4-9-17-10-11/h5,7-8,11,17H,3-4,6,9-10H2,1-2H3. The molecule has 0 bridgehead atoms. The molecule has 1 unspecified atom stereocenters. The van der Waals surface area contributed by atoms with Gasteiger partial charge in [-0.1, -0.05) is 12.5 Å². The van der Waals surface area contributed by atoms with Crippen molar-refractivity contribution >= 4 is 10.9 Å². The Morgan fingerprint density at radius 3 is 2.86 bits per heavy atom. The van der Waals surface area contributed by atoms with Crippen LogP contribution < -0.4 is 21.3 Å². The van der Waals surface area contributed by atoms with E-state index in [-0.39, 0.29) is 17.3 Å². The molecule has 2 heterocycles. The van der Waals surface area contributed by atoms with E-state index in [1.165, 1.54) is 9.13 Å². The van der Waals surface area contributed by atoms with Crippen LogP contribution in [0.25, 0.3) is 10.9 Å². The Morgan fingerprint density at radius 1 is 1.27 bits per heavy atom. The SMILES string of the molecule is COc1cccc2c(=O)n(C3CCCCNC3)c(=O)n(C)c12. The summed E-state index contributed by atoms with van der Waals surface area (Å²) in [6.07, 6.45) is 2.94. The Morgan fingerprint density at radius 2 is 2.09 bits per heavy atom. The Kier molecular flexibility index (Phi) is 4.02. The minimum absolute atomic E-state index is 0.0932. The first kappa shape index (κ1) is 14.8. The molecule has 1 aliphatic rings. The van der Waals surface area contributed by atoms with Crippen molar-refractivity contribution in [1.29, 1.82) is 0 Å². The number of benzene rings is 1. The molecular formula is C16H21N3O3. The monoisotopic (exact) mass is 303 g/mol. The lowest BCUT2D eigenvalue weighted by Gasteiger charge is -2.19. The van der Waals surface area contributed by atoms with Crippen LogP contribution in [0.15, 0.2) is 27.8 Å². The first-order valence-corrected chi connectivity index (χ1v) is 7.64. The van der Waals surface area contributed by atoms with Crippen molar-refractivity contribution in [2.24, 2.45) is 7.05 Å². The maximum Gasteiger partial charge on any atom is 0.331 e. The molecule has 1 atom stereocenters. The summed E-state index contributed by atoms with van der Waals surface area (Å²) >= 11 is 0. The number of aromatic nitrogens is 2. The molecular weight excluding hydrogens is 282 g/mol. The van der Waals surface area contributed by atoms with E-state index >= 15 is 0 Å². The summed E-state index contributed by atoms with van der Waals surface area (Å²) in [6, 6.07) is 5.20. The van der Waals surface area contributed by atoms with Crippen molar-refractivity contribution in [2.45, 2.75) is 25.3 Å². The summed E-state index contributed by atoms with van der Waals surface area (Å²) in [6.45, 7) is 1.59. The van der Waals surface area contributed by atoms with Gasteiger partial charge in [-0.15, -0.1) is 0 Å². The predicted molar refractivity (Wildman–Crippen MR) is 85.8 cm³/mol. The van der Waals surface area contributed by atoms with E-state index in [1.807, 2.05) is 0 Å². The third kappa shape index (κ3) is 2.33. The van der Waals surface area contributed by atoms with Gasteiger partial charge in [0.05, 0.1) is 18.5 Å². The number of nitrogens with zero attached hydrogens (tertiary/aromatic N) is 2. The summed E-state index contributed by atoms with van der Waals surface area (Å²) in [5, 5.41) is 3.83. The molecule has 1 aromatic carbocycles. The van der Waals surface area contributed by atoms with Crippen LogP contribution in [-0.4, -0.2) is 29.3 Å². The molecule has 1 fully saturated rings. The van der Waals surface area contributed by atoms with Crippen molar-refractivity contribution in [3.63, 3.8) is 0 Å². The summed E-state index contributed by atoms with van der Waals surface area (Å²) < 4.78 is 8.22. The van der Waals surface area contributed by atoms with Crippen LogP contribution in [0.5, 0.6) is 5.75 Å². The molecule has 0 saturated carbocycles. The van der Waals surface area contributed by atoms with E-state index in [0.717, 1.165) is 25.8 Å². The average molecular weight is 303 g/mol. The zero-order chi connectivity index (χ0) is 15.7. The van der Waals surface area contributed by atoms with Crippen LogP contribution in [-0.2, 0) is 7.05 Å². The van der Waals surface area contributed by atoms with E-state index in [1.54, 1.807) is 32.4 Å². The highest BCUT2D eigenvalue weighted by Crippen LogP contribution is 2.22. The minimum Gasteiger partial charge on any atom is -0.495 e. The molecule has 1 saturated heterocycles. The third-order valence-electron chi connectivity index (χ3n) is 4.38. The number of methoxy groups -OCH3 is 1. The smallest absolute Gasteiger partial charge is 0.331 e.